The first-order valence-corrected chi connectivity index (χ1v) is 9.60. The van der Waals surface area contributed by atoms with Gasteiger partial charge in [-0.15, -0.1) is 0 Å². The van der Waals surface area contributed by atoms with Crippen LogP contribution in [0.15, 0.2) is 60.8 Å². The van der Waals surface area contributed by atoms with Gasteiger partial charge >= 0.3 is 0 Å². The van der Waals surface area contributed by atoms with Crippen LogP contribution in [0.5, 0.6) is 0 Å². The summed E-state index contributed by atoms with van der Waals surface area (Å²) in [4.78, 5) is 29.4. The number of hydrogen-bond donors (Lipinski definition) is 2. The summed E-state index contributed by atoms with van der Waals surface area (Å²) >= 11 is 1.35. The number of nitrogens with zero attached hydrogens (tertiary/aromatic N) is 1. The highest BCUT2D eigenvalue weighted by atomic mass is 32.1. The second-order valence-corrected chi connectivity index (χ2v) is 7.11. The predicted molar refractivity (Wildman–Crippen MR) is 109 cm³/mol. The van der Waals surface area contributed by atoms with Crippen LogP contribution in [0.1, 0.15) is 37.6 Å². The topological polar surface area (TPSA) is 71.1 Å². The Balaban J connectivity index is 1.44. The molecule has 1 aromatic heterocycles. The minimum absolute atomic E-state index is 0.00576. The maximum Gasteiger partial charge on any atom is 0.251 e. The molecule has 0 fully saturated rings. The van der Waals surface area contributed by atoms with E-state index in [1.807, 2.05) is 49.4 Å². The van der Waals surface area contributed by atoms with Gasteiger partial charge in [0.05, 0.1) is 11.1 Å². The molecule has 2 N–H and O–H groups in total. The molecule has 3 aromatic rings. The van der Waals surface area contributed by atoms with Crippen LogP contribution in [-0.2, 0) is 0 Å². The van der Waals surface area contributed by atoms with E-state index in [1.165, 1.54) is 11.3 Å². The van der Waals surface area contributed by atoms with Gasteiger partial charge in [-0.2, -0.15) is 0 Å². The molecule has 0 bridgehead atoms. The Hall–Kier alpha value is -2.99. The quantitative estimate of drug-likeness (QED) is 0.460. The molecule has 0 spiro atoms. The van der Waals surface area contributed by atoms with Crippen molar-refractivity contribution in [2.45, 2.75) is 13.3 Å². The second kappa shape index (κ2) is 9.09. The summed E-state index contributed by atoms with van der Waals surface area (Å²) in [7, 11) is 0. The first kappa shape index (κ1) is 18.8. The van der Waals surface area contributed by atoms with E-state index in [1.54, 1.807) is 18.3 Å². The van der Waals surface area contributed by atoms with Crippen molar-refractivity contribution >= 4 is 28.2 Å². The van der Waals surface area contributed by atoms with E-state index < -0.39 is 0 Å². The summed E-state index contributed by atoms with van der Waals surface area (Å²) in [5, 5.41) is 6.80. The van der Waals surface area contributed by atoms with Gasteiger partial charge < -0.3 is 10.6 Å². The van der Waals surface area contributed by atoms with Gasteiger partial charge in [0.15, 0.2) is 5.13 Å². The first-order valence-electron chi connectivity index (χ1n) is 8.78. The maximum atomic E-state index is 12.6. The highest BCUT2D eigenvalue weighted by Crippen LogP contribution is 2.22. The number of carbonyl (C=O) groups is 2. The molecular weight excluding hydrogens is 358 g/mol. The van der Waals surface area contributed by atoms with Crippen LogP contribution in [0.2, 0.25) is 0 Å². The minimum atomic E-state index is -0.0732. The maximum absolute atomic E-state index is 12.6. The van der Waals surface area contributed by atoms with Crippen molar-refractivity contribution in [3.63, 3.8) is 0 Å². The molecule has 1 heterocycles. The van der Waals surface area contributed by atoms with Gasteiger partial charge in [-0.25, -0.2) is 4.98 Å². The third-order valence-electron chi connectivity index (χ3n) is 4.07. The number of thiazole rings is 1. The van der Waals surface area contributed by atoms with E-state index in [9.17, 15) is 9.59 Å². The Kier molecular flexibility index (Phi) is 6.33. The molecule has 0 aliphatic rings. The van der Waals surface area contributed by atoms with Crippen molar-refractivity contribution in [1.82, 2.24) is 10.3 Å². The van der Waals surface area contributed by atoms with Crippen LogP contribution in [0.25, 0.3) is 0 Å². The van der Waals surface area contributed by atoms with E-state index in [2.05, 4.69) is 15.6 Å². The molecule has 0 aliphatic carbocycles. The van der Waals surface area contributed by atoms with Crippen molar-refractivity contribution in [3.8, 4) is 0 Å². The Morgan fingerprint density at radius 2 is 1.74 bits per heavy atom. The second-order valence-electron chi connectivity index (χ2n) is 6.08. The summed E-state index contributed by atoms with van der Waals surface area (Å²) in [6.45, 7) is 3.17. The molecule has 0 radical (unpaired) electrons. The number of aromatic nitrogens is 1. The first-order chi connectivity index (χ1) is 13.1. The highest BCUT2D eigenvalue weighted by molar-refractivity contribution is 7.17. The lowest BCUT2D eigenvalue weighted by molar-refractivity contribution is 0.0953. The zero-order valence-electron chi connectivity index (χ0n) is 15.1. The van der Waals surface area contributed by atoms with Gasteiger partial charge in [0, 0.05) is 24.2 Å². The van der Waals surface area contributed by atoms with Crippen LogP contribution < -0.4 is 10.6 Å². The number of anilines is 1. The average molecular weight is 379 g/mol. The van der Waals surface area contributed by atoms with Crippen molar-refractivity contribution < 1.29 is 9.59 Å². The zero-order valence-corrected chi connectivity index (χ0v) is 15.9. The normalized spacial score (nSPS) is 10.4. The van der Waals surface area contributed by atoms with Crippen LogP contribution in [0, 0.1) is 6.92 Å². The van der Waals surface area contributed by atoms with Gasteiger partial charge in [-0.3, -0.25) is 9.59 Å². The Bertz CT molecular complexity index is 922. The van der Waals surface area contributed by atoms with E-state index in [-0.39, 0.29) is 11.7 Å². The average Bonchev–Trinajstić information content (AvgIpc) is 3.17. The Morgan fingerprint density at radius 1 is 1.00 bits per heavy atom. The lowest BCUT2D eigenvalue weighted by atomic mass is 10.0. The van der Waals surface area contributed by atoms with Gasteiger partial charge in [-0.1, -0.05) is 53.8 Å². The van der Waals surface area contributed by atoms with Crippen LogP contribution in [0.3, 0.4) is 0 Å². The number of amides is 1. The molecule has 1 amide bonds. The van der Waals surface area contributed by atoms with Crippen molar-refractivity contribution in [2.75, 3.05) is 18.4 Å². The number of rotatable bonds is 8. The Labute approximate surface area is 162 Å². The van der Waals surface area contributed by atoms with Crippen LogP contribution in [-0.4, -0.2) is 29.8 Å². The fraction of sp³-hybridized carbons (Fsp3) is 0.190. The SMILES string of the molecule is Cc1ccccc1C(=O)c1cnc(NCCCNC(=O)c2ccccc2)s1. The zero-order chi connectivity index (χ0) is 19.1. The molecule has 0 saturated carbocycles. The number of aryl methyl sites for hydroxylation is 1. The van der Waals surface area contributed by atoms with Gasteiger partial charge in [0.25, 0.3) is 5.91 Å². The fourth-order valence-electron chi connectivity index (χ4n) is 2.60. The molecular formula is C21H21N3O2S. The third kappa shape index (κ3) is 5.01. The summed E-state index contributed by atoms with van der Waals surface area (Å²) < 4.78 is 0. The van der Waals surface area contributed by atoms with Crippen molar-refractivity contribution in [3.05, 3.63) is 82.4 Å². The number of nitrogens with one attached hydrogen (secondary N) is 2. The summed E-state index contributed by atoms with van der Waals surface area (Å²) in [6, 6.07) is 16.7. The predicted octanol–water partition coefficient (Wildman–Crippen LogP) is 3.91. The number of benzene rings is 2. The van der Waals surface area contributed by atoms with Gasteiger partial charge in [0.2, 0.25) is 5.78 Å². The summed E-state index contributed by atoms with van der Waals surface area (Å²) in [6.07, 6.45) is 2.37. The fourth-order valence-corrected chi connectivity index (χ4v) is 3.39. The molecule has 3 rings (SSSR count). The summed E-state index contributed by atoms with van der Waals surface area (Å²) in [5.74, 6) is -0.0789. The molecule has 0 atom stereocenters. The third-order valence-corrected chi connectivity index (χ3v) is 5.02. The molecule has 2 aromatic carbocycles. The molecule has 6 heteroatoms. The Morgan fingerprint density at radius 3 is 2.52 bits per heavy atom. The molecule has 0 aliphatic heterocycles. The van der Waals surface area contributed by atoms with Crippen molar-refractivity contribution in [1.29, 1.82) is 0 Å². The largest absolute Gasteiger partial charge is 0.361 e. The van der Waals surface area contributed by atoms with E-state index in [0.29, 0.717) is 34.2 Å². The van der Waals surface area contributed by atoms with E-state index >= 15 is 0 Å². The molecule has 138 valence electrons. The number of hydrogen-bond acceptors (Lipinski definition) is 5. The highest BCUT2D eigenvalue weighted by Gasteiger charge is 2.14. The van der Waals surface area contributed by atoms with Gasteiger partial charge in [0.1, 0.15) is 0 Å². The number of ketones is 1. The van der Waals surface area contributed by atoms with Crippen LogP contribution in [0.4, 0.5) is 5.13 Å². The molecule has 5 nitrogen and oxygen atoms in total. The van der Waals surface area contributed by atoms with Crippen LogP contribution >= 0.6 is 11.3 Å². The smallest absolute Gasteiger partial charge is 0.251 e. The number of carbonyl (C=O) groups excluding carboxylic acids is 2. The lowest BCUT2D eigenvalue weighted by Crippen LogP contribution is -2.25. The minimum Gasteiger partial charge on any atom is -0.361 e. The molecule has 0 saturated heterocycles. The molecule has 0 unspecified atom stereocenters. The van der Waals surface area contributed by atoms with E-state index in [4.69, 9.17) is 0 Å². The summed E-state index contributed by atoms with van der Waals surface area (Å²) in [5.41, 5.74) is 2.32. The molecule has 27 heavy (non-hydrogen) atoms. The standard InChI is InChI=1S/C21H21N3O2S/c1-15-8-5-6-11-17(15)19(25)18-14-24-21(27-18)23-13-7-12-22-20(26)16-9-3-2-4-10-16/h2-6,8-11,14H,7,12-13H2,1H3,(H,22,26)(H,23,24). The van der Waals surface area contributed by atoms with Crippen molar-refractivity contribution in [2.24, 2.45) is 0 Å². The van der Waals surface area contributed by atoms with Gasteiger partial charge in [-0.05, 0) is 31.0 Å². The van der Waals surface area contributed by atoms with E-state index in [0.717, 1.165) is 12.0 Å². The lowest BCUT2D eigenvalue weighted by Gasteiger charge is -2.05. The monoisotopic (exact) mass is 379 g/mol.